The summed E-state index contributed by atoms with van der Waals surface area (Å²) in [6.07, 6.45) is 2.89. The molecule has 3 rings (SSSR count). The predicted molar refractivity (Wildman–Crippen MR) is 133 cm³/mol. The highest BCUT2D eigenvalue weighted by Crippen LogP contribution is 2.39. The van der Waals surface area contributed by atoms with E-state index in [1.165, 1.54) is 19.1 Å². The molecule has 0 fully saturated rings. The first-order chi connectivity index (χ1) is 15.6. The summed E-state index contributed by atoms with van der Waals surface area (Å²) in [6.45, 7) is 7.63. The molecule has 0 radical (unpaired) electrons. The van der Waals surface area contributed by atoms with Crippen LogP contribution in [0.1, 0.15) is 38.4 Å². The summed E-state index contributed by atoms with van der Waals surface area (Å²) in [7, 11) is 0. The molecule has 0 atom stereocenters. The molecular weight excluding hydrogens is 465 g/mol. The SMILES string of the molecule is CC/C=C(\NC(C)C)c1cc(Oc2c(Cl)cc(-n3nc(C)c(=O)[nH]c3=O)cc2Cl)ccc1N. The molecule has 3 aromatic rings. The summed E-state index contributed by atoms with van der Waals surface area (Å²) in [5.41, 5.74) is 7.67. The molecule has 0 amide bonds. The van der Waals surface area contributed by atoms with E-state index in [-0.39, 0.29) is 33.2 Å². The molecule has 0 aliphatic rings. The van der Waals surface area contributed by atoms with Crippen molar-refractivity contribution >= 4 is 34.6 Å². The highest BCUT2D eigenvalue weighted by molar-refractivity contribution is 6.37. The van der Waals surface area contributed by atoms with E-state index in [0.717, 1.165) is 22.4 Å². The van der Waals surface area contributed by atoms with Gasteiger partial charge in [-0.2, -0.15) is 9.78 Å². The van der Waals surface area contributed by atoms with Crippen LogP contribution >= 0.6 is 23.2 Å². The van der Waals surface area contributed by atoms with Gasteiger partial charge in [-0.3, -0.25) is 9.78 Å². The topological polar surface area (TPSA) is 115 Å². The van der Waals surface area contributed by atoms with Gasteiger partial charge in [-0.05, 0) is 57.5 Å². The molecular formula is C23H25Cl2N5O3. The van der Waals surface area contributed by atoms with Crippen molar-refractivity contribution in [1.82, 2.24) is 20.1 Å². The normalized spacial score (nSPS) is 11.7. The van der Waals surface area contributed by atoms with Gasteiger partial charge in [-0.15, -0.1) is 0 Å². The molecule has 0 aliphatic heterocycles. The van der Waals surface area contributed by atoms with Crippen LogP contribution in [0.5, 0.6) is 11.5 Å². The molecule has 0 saturated carbocycles. The second kappa shape index (κ2) is 10.1. The summed E-state index contributed by atoms with van der Waals surface area (Å²) in [6, 6.07) is 8.46. The van der Waals surface area contributed by atoms with Crippen molar-refractivity contribution in [1.29, 1.82) is 0 Å². The second-order valence-corrected chi connectivity index (χ2v) is 8.49. The molecule has 33 heavy (non-hydrogen) atoms. The number of aryl methyl sites for hydroxylation is 1. The zero-order valence-corrected chi connectivity index (χ0v) is 20.2. The van der Waals surface area contributed by atoms with Crippen LogP contribution in [0.4, 0.5) is 5.69 Å². The van der Waals surface area contributed by atoms with E-state index in [0.29, 0.717) is 11.4 Å². The van der Waals surface area contributed by atoms with Gasteiger partial charge in [-0.25, -0.2) is 4.79 Å². The first kappa shape index (κ1) is 24.4. The highest BCUT2D eigenvalue weighted by atomic mass is 35.5. The average Bonchev–Trinajstić information content (AvgIpc) is 2.73. The number of nitrogens with zero attached hydrogens (tertiary/aromatic N) is 2. The van der Waals surface area contributed by atoms with Crippen molar-refractivity contribution < 1.29 is 4.74 Å². The van der Waals surface area contributed by atoms with E-state index in [4.69, 9.17) is 33.7 Å². The fourth-order valence-electron chi connectivity index (χ4n) is 3.13. The highest BCUT2D eigenvalue weighted by Gasteiger charge is 2.16. The number of halogens is 2. The van der Waals surface area contributed by atoms with Crippen LogP contribution in [0.25, 0.3) is 11.4 Å². The van der Waals surface area contributed by atoms with E-state index < -0.39 is 11.2 Å². The fraction of sp³-hybridized carbons (Fsp3) is 0.261. The summed E-state index contributed by atoms with van der Waals surface area (Å²) >= 11 is 12.9. The Morgan fingerprint density at radius 2 is 1.91 bits per heavy atom. The van der Waals surface area contributed by atoms with Crippen LogP contribution < -0.4 is 27.0 Å². The van der Waals surface area contributed by atoms with Gasteiger partial charge in [-0.1, -0.05) is 36.2 Å². The number of aromatic nitrogens is 3. The molecule has 4 N–H and O–H groups in total. The van der Waals surface area contributed by atoms with Crippen LogP contribution in [0.15, 0.2) is 46.0 Å². The van der Waals surface area contributed by atoms with Crippen LogP contribution in [0, 0.1) is 6.92 Å². The number of allylic oxidation sites excluding steroid dienone is 1. The number of rotatable bonds is 7. The number of hydrogen-bond donors (Lipinski definition) is 3. The molecule has 1 heterocycles. The van der Waals surface area contributed by atoms with Gasteiger partial charge < -0.3 is 15.8 Å². The summed E-state index contributed by atoms with van der Waals surface area (Å²) in [5.74, 6) is 0.698. The first-order valence-electron chi connectivity index (χ1n) is 10.3. The molecule has 0 spiro atoms. The average molecular weight is 490 g/mol. The van der Waals surface area contributed by atoms with E-state index in [1.807, 2.05) is 26.8 Å². The Morgan fingerprint density at radius 1 is 1.24 bits per heavy atom. The number of hydrogen-bond acceptors (Lipinski definition) is 6. The van der Waals surface area contributed by atoms with Crippen LogP contribution in [-0.4, -0.2) is 20.8 Å². The molecule has 8 nitrogen and oxygen atoms in total. The molecule has 0 unspecified atom stereocenters. The van der Waals surface area contributed by atoms with E-state index in [2.05, 4.69) is 21.5 Å². The monoisotopic (exact) mass is 489 g/mol. The third-order valence-electron chi connectivity index (χ3n) is 4.61. The third-order valence-corrected chi connectivity index (χ3v) is 5.17. The number of nitrogens with two attached hydrogens (primary N) is 1. The molecule has 10 heteroatoms. The van der Waals surface area contributed by atoms with Gasteiger partial charge in [0.2, 0.25) is 0 Å². The zero-order valence-electron chi connectivity index (χ0n) is 18.7. The summed E-state index contributed by atoms with van der Waals surface area (Å²) in [4.78, 5) is 25.9. The molecule has 174 valence electrons. The van der Waals surface area contributed by atoms with Gasteiger partial charge in [0.15, 0.2) is 5.75 Å². The molecule has 0 aliphatic carbocycles. The molecule has 1 aromatic heterocycles. The third kappa shape index (κ3) is 5.58. The van der Waals surface area contributed by atoms with E-state index in [9.17, 15) is 9.59 Å². The standard InChI is InChI=1S/C23H25Cl2N5O3/c1-5-6-20(27-12(2)3)16-11-15(7-8-19(16)26)33-21-17(24)9-14(10-18(21)25)30-23(32)28-22(31)13(4)29-30/h6-12,27H,5,26H2,1-4H3,(H,28,31,32)/b20-6-. The lowest BCUT2D eigenvalue weighted by Gasteiger charge is -2.18. The minimum absolute atomic E-state index is 0.127. The van der Waals surface area contributed by atoms with E-state index in [1.54, 1.807) is 12.1 Å². The van der Waals surface area contributed by atoms with Gasteiger partial charge in [0.25, 0.3) is 5.56 Å². The second-order valence-electron chi connectivity index (χ2n) is 7.67. The Labute approximate surface area is 201 Å². The lowest BCUT2D eigenvalue weighted by atomic mass is 10.1. The van der Waals surface area contributed by atoms with Crippen LogP contribution in [0.2, 0.25) is 10.0 Å². The first-order valence-corrected chi connectivity index (χ1v) is 11.1. The number of anilines is 1. The maximum atomic E-state index is 12.2. The van der Waals surface area contributed by atoms with Crippen molar-refractivity contribution in [3.05, 3.63) is 78.5 Å². The Hall–Kier alpha value is -3.23. The number of benzene rings is 2. The van der Waals surface area contributed by atoms with Crippen molar-refractivity contribution in [2.45, 2.75) is 40.2 Å². The van der Waals surface area contributed by atoms with E-state index >= 15 is 0 Å². The minimum atomic E-state index is -0.706. The molecule has 0 bridgehead atoms. The Kier molecular flexibility index (Phi) is 7.50. The quantitative estimate of drug-likeness (QED) is 0.415. The Balaban J connectivity index is 2.00. The Bertz CT molecular complexity index is 1310. The number of ether oxygens (including phenoxy) is 1. The summed E-state index contributed by atoms with van der Waals surface area (Å²) < 4.78 is 7.01. The minimum Gasteiger partial charge on any atom is -0.454 e. The predicted octanol–water partition coefficient (Wildman–Crippen LogP) is 4.66. The lowest BCUT2D eigenvalue weighted by molar-refractivity contribution is 0.483. The molecule has 0 saturated heterocycles. The Morgan fingerprint density at radius 3 is 2.52 bits per heavy atom. The maximum Gasteiger partial charge on any atom is 0.349 e. The van der Waals surface area contributed by atoms with Crippen LogP contribution in [-0.2, 0) is 0 Å². The maximum absolute atomic E-state index is 12.2. The smallest absolute Gasteiger partial charge is 0.349 e. The van der Waals surface area contributed by atoms with Crippen molar-refractivity contribution in [2.75, 3.05) is 5.73 Å². The van der Waals surface area contributed by atoms with Gasteiger partial charge in [0.1, 0.15) is 11.4 Å². The number of aromatic amines is 1. The lowest BCUT2D eigenvalue weighted by Crippen LogP contribution is -2.32. The summed E-state index contributed by atoms with van der Waals surface area (Å²) in [5, 5.41) is 7.73. The van der Waals surface area contributed by atoms with Crippen molar-refractivity contribution in [2.24, 2.45) is 0 Å². The number of nitrogen functional groups attached to an aromatic ring is 1. The van der Waals surface area contributed by atoms with Crippen molar-refractivity contribution in [3.63, 3.8) is 0 Å². The van der Waals surface area contributed by atoms with Gasteiger partial charge in [0.05, 0.1) is 15.7 Å². The number of nitrogens with one attached hydrogen (secondary N) is 2. The molecule has 2 aromatic carbocycles. The number of H-pyrrole nitrogens is 1. The van der Waals surface area contributed by atoms with Crippen LogP contribution in [0.3, 0.4) is 0 Å². The van der Waals surface area contributed by atoms with Gasteiger partial charge in [0, 0.05) is 23.0 Å². The fourth-order valence-corrected chi connectivity index (χ4v) is 3.69. The largest absolute Gasteiger partial charge is 0.454 e. The van der Waals surface area contributed by atoms with Crippen molar-refractivity contribution in [3.8, 4) is 17.2 Å². The zero-order chi connectivity index (χ0) is 24.3. The van der Waals surface area contributed by atoms with Gasteiger partial charge >= 0.3 is 5.69 Å².